The van der Waals surface area contributed by atoms with Gasteiger partial charge in [0, 0.05) is 12.1 Å². The third-order valence-electron chi connectivity index (χ3n) is 4.72. The summed E-state index contributed by atoms with van der Waals surface area (Å²) in [4.78, 5) is 27.7. The van der Waals surface area contributed by atoms with Crippen molar-refractivity contribution < 1.29 is 14.3 Å². The third kappa shape index (κ3) is 7.54. The second kappa shape index (κ2) is 10.8. The van der Waals surface area contributed by atoms with Gasteiger partial charge in [0.1, 0.15) is 11.8 Å². The van der Waals surface area contributed by atoms with Crippen LogP contribution in [0.15, 0.2) is 54.6 Å². The van der Waals surface area contributed by atoms with Gasteiger partial charge in [0.05, 0.1) is 0 Å². The number of amides is 2. The van der Waals surface area contributed by atoms with Gasteiger partial charge in [-0.2, -0.15) is 0 Å². The second-order valence-electron chi connectivity index (χ2n) is 8.59. The molecule has 0 aliphatic rings. The highest BCUT2D eigenvalue weighted by Crippen LogP contribution is 2.15. The molecule has 1 unspecified atom stereocenters. The topological polar surface area (TPSA) is 58.6 Å². The van der Waals surface area contributed by atoms with Crippen LogP contribution in [0.25, 0.3) is 0 Å². The molecule has 2 amide bonds. The molecule has 2 aromatic carbocycles. The fourth-order valence-electron chi connectivity index (χ4n) is 3.28. The van der Waals surface area contributed by atoms with E-state index in [1.165, 1.54) is 0 Å². The van der Waals surface area contributed by atoms with E-state index >= 15 is 0 Å². The molecule has 0 aliphatic carbocycles. The SMILES string of the molecule is CCC(C(=O)NC(C)(C)C)N(CCc1ccccc1)C(=O)COc1cccc(C)c1. The summed E-state index contributed by atoms with van der Waals surface area (Å²) in [7, 11) is 0. The van der Waals surface area contributed by atoms with Crippen molar-refractivity contribution in [2.45, 2.75) is 59.0 Å². The Morgan fingerprint density at radius 2 is 1.77 bits per heavy atom. The lowest BCUT2D eigenvalue weighted by Crippen LogP contribution is -2.54. The van der Waals surface area contributed by atoms with Crippen LogP contribution in [0.3, 0.4) is 0 Å². The van der Waals surface area contributed by atoms with Crippen LogP contribution in [0, 0.1) is 6.92 Å². The summed E-state index contributed by atoms with van der Waals surface area (Å²) < 4.78 is 5.73. The van der Waals surface area contributed by atoms with E-state index in [1.807, 2.05) is 89.2 Å². The number of ether oxygens (including phenoxy) is 1. The van der Waals surface area contributed by atoms with Crippen molar-refractivity contribution >= 4 is 11.8 Å². The summed E-state index contributed by atoms with van der Waals surface area (Å²) in [6, 6.07) is 17.0. The van der Waals surface area contributed by atoms with Gasteiger partial charge in [-0.05, 0) is 63.8 Å². The summed E-state index contributed by atoms with van der Waals surface area (Å²) in [6.07, 6.45) is 1.21. The smallest absolute Gasteiger partial charge is 0.261 e. The first-order valence-corrected chi connectivity index (χ1v) is 10.5. The Bertz CT molecular complexity index is 828. The quantitative estimate of drug-likeness (QED) is 0.676. The Morgan fingerprint density at radius 3 is 2.37 bits per heavy atom. The van der Waals surface area contributed by atoms with Crippen molar-refractivity contribution in [2.24, 2.45) is 0 Å². The van der Waals surface area contributed by atoms with Gasteiger partial charge in [0.25, 0.3) is 5.91 Å². The molecule has 0 saturated heterocycles. The minimum atomic E-state index is -0.540. The molecule has 0 bridgehead atoms. The van der Waals surface area contributed by atoms with Gasteiger partial charge in [0.15, 0.2) is 6.61 Å². The number of benzene rings is 2. The average Bonchev–Trinajstić information content (AvgIpc) is 2.68. The summed E-state index contributed by atoms with van der Waals surface area (Å²) in [5, 5.41) is 3.01. The van der Waals surface area contributed by atoms with Crippen molar-refractivity contribution in [3.8, 4) is 5.75 Å². The summed E-state index contributed by atoms with van der Waals surface area (Å²) in [5.41, 5.74) is 1.83. The number of hydrogen-bond acceptors (Lipinski definition) is 3. The lowest BCUT2D eigenvalue weighted by Gasteiger charge is -2.33. The molecular weight excluding hydrogens is 376 g/mol. The van der Waals surface area contributed by atoms with E-state index in [0.717, 1.165) is 11.1 Å². The van der Waals surface area contributed by atoms with Crippen LogP contribution >= 0.6 is 0 Å². The van der Waals surface area contributed by atoms with Gasteiger partial charge in [-0.25, -0.2) is 0 Å². The zero-order valence-corrected chi connectivity index (χ0v) is 18.8. The Balaban J connectivity index is 2.15. The van der Waals surface area contributed by atoms with Crippen LogP contribution < -0.4 is 10.1 Å². The predicted molar refractivity (Wildman–Crippen MR) is 121 cm³/mol. The van der Waals surface area contributed by atoms with Gasteiger partial charge in [-0.3, -0.25) is 9.59 Å². The molecule has 30 heavy (non-hydrogen) atoms. The van der Waals surface area contributed by atoms with E-state index in [-0.39, 0.29) is 24.0 Å². The van der Waals surface area contributed by atoms with Crippen molar-refractivity contribution in [3.63, 3.8) is 0 Å². The maximum Gasteiger partial charge on any atom is 0.261 e. The van der Waals surface area contributed by atoms with Crippen molar-refractivity contribution in [1.82, 2.24) is 10.2 Å². The van der Waals surface area contributed by atoms with Gasteiger partial charge >= 0.3 is 0 Å². The highest BCUT2D eigenvalue weighted by molar-refractivity contribution is 5.88. The molecule has 0 radical (unpaired) electrons. The zero-order valence-electron chi connectivity index (χ0n) is 18.8. The molecule has 0 aliphatic heterocycles. The van der Waals surface area contributed by atoms with E-state index in [0.29, 0.717) is 25.1 Å². The first-order chi connectivity index (χ1) is 14.2. The molecule has 2 aromatic rings. The average molecular weight is 411 g/mol. The summed E-state index contributed by atoms with van der Waals surface area (Å²) in [5.74, 6) is 0.323. The van der Waals surface area contributed by atoms with E-state index in [4.69, 9.17) is 4.74 Å². The van der Waals surface area contributed by atoms with Gasteiger partial charge in [-0.1, -0.05) is 49.4 Å². The molecule has 0 saturated carbocycles. The summed E-state index contributed by atoms with van der Waals surface area (Å²) >= 11 is 0. The Labute approximate surface area is 180 Å². The highest BCUT2D eigenvalue weighted by Gasteiger charge is 2.30. The lowest BCUT2D eigenvalue weighted by molar-refractivity contribution is -0.142. The number of nitrogens with one attached hydrogen (secondary N) is 1. The summed E-state index contributed by atoms with van der Waals surface area (Å²) in [6.45, 7) is 10.1. The molecule has 0 fully saturated rings. The van der Waals surface area contributed by atoms with Crippen LogP contribution in [-0.4, -0.2) is 41.4 Å². The van der Waals surface area contributed by atoms with E-state index in [1.54, 1.807) is 4.90 Å². The number of aryl methyl sites for hydroxylation is 1. The van der Waals surface area contributed by atoms with E-state index < -0.39 is 6.04 Å². The largest absolute Gasteiger partial charge is 0.484 e. The standard InChI is InChI=1S/C25H34N2O3/c1-6-22(24(29)26-25(3,4)5)27(16-15-20-12-8-7-9-13-20)23(28)18-30-21-14-10-11-19(2)17-21/h7-14,17,22H,6,15-16,18H2,1-5H3,(H,26,29). The van der Waals surface area contributed by atoms with Gasteiger partial charge in [-0.15, -0.1) is 0 Å². The molecule has 5 heteroatoms. The molecule has 162 valence electrons. The highest BCUT2D eigenvalue weighted by atomic mass is 16.5. The Kier molecular flexibility index (Phi) is 8.46. The van der Waals surface area contributed by atoms with Crippen LogP contribution in [0.2, 0.25) is 0 Å². The second-order valence-corrected chi connectivity index (χ2v) is 8.59. The molecule has 0 heterocycles. The zero-order chi connectivity index (χ0) is 22.1. The molecule has 1 atom stereocenters. The van der Waals surface area contributed by atoms with E-state index in [2.05, 4.69) is 5.32 Å². The van der Waals surface area contributed by atoms with Crippen LogP contribution in [0.5, 0.6) is 5.75 Å². The molecular formula is C25H34N2O3. The molecule has 2 rings (SSSR count). The van der Waals surface area contributed by atoms with Gasteiger partial charge in [0.2, 0.25) is 5.91 Å². The van der Waals surface area contributed by atoms with Crippen LogP contribution in [-0.2, 0) is 16.0 Å². The first kappa shape index (κ1) is 23.5. The minimum absolute atomic E-state index is 0.0997. The monoisotopic (exact) mass is 410 g/mol. The molecule has 1 N–H and O–H groups in total. The Morgan fingerprint density at radius 1 is 1.07 bits per heavy atom. The maximum atomic E-state index is 13.1. The number of hydrogen-bond donors (Lipinski definition) is 1. The molecule has 0 spiro atoms. The fraction of sp³-hybridized carbons (Fsp3) is 0.440. The van der Waals surface area contributed by atoms with Crippen LogP contribution in [0.4, 0.5) is 0 Å². The first-order valence-electron chi connectivity index (χ1n) is 10.5. The Hall–Kier alpha value is -2.82. The van der Waals surface area contributed by atoms with Crippen molar-refractivity contribution in [1.29, 1.82) is 0 Å². The normalized spacial score (nSPS) is 12.2. The van der Waals surface area contributed by atoms with Crippen molar-refractivity contribution in [3.05, 3.63) is 65.7 Å². The van der Waals surface area contributed by atoms with Crippen molar-refractivity contribution in [2.75, 3.05) is 13.2 Å². The molecule has 0 aromatic heterocycles. The number of nitrogens with zero attached hydrogens (tertiary/aromatic N) is 1. The van der Waals surface area contributed by atoms with Crippen LogP contribution in [0.1, 0.15) is 45.2 Å². The minimum Gasteiger partial charge on any atom is -0.484 e. The number of carbonyl (C=O) groups is 2. The van der Waals surface area contributed by atoms with E-state index in [9.17, 15) is 9.59 Å². The number of rotatable bonds is 9. The number of carbonyl (C=O) groups excluding carboxylic acids is 2. The lowest BCUT2D eigenvalue weighted by atomic mass is 10.1. The maximum absolute atomic E-state index is 13.1. The third-order valence-corrected chi connectivity index (χ3v) is 4.72. The molecule has 5 nitrogen and oxygen atoms in total. The van der Waals surface area contributed by atoms with Gasteiger partial charge < -0.3 is 15.0 Å². The fourth-order valence-corrected chi connectivity index (χ4v) is 3.28. The predicted octanol–water partition coefficient (Wildman–Crippen LogP) is 4.14.